The molecule has 1 atom stereocenters. The molecule has 0 aliphatic carbocycles. The molecule has 1 N–H and O–H groups in total. The van der Waals surface area contributed by atoms with Gasteiger partial charge in [0.1, 0.15) is 0 Å². The van der Waals surface area contributed by atoms with E-state index in [2.05, 4.69) is 5.32 Å². The summed E-state index contributed by atoms with van der Waals surface area (Å²) >= 11 is 6.18. The lowest BCUT2D eigenvalue weighted by Crippen LogP contribution is -2.46. The van der Waals surface area contributed by atoms with E-state index in [0.717, 1.165) is 18.4 Å². The fourth-order valence-electron chi connectivity index (χ4n) is 3.22. The maximum absolute atomic E-state index is 12.6. The number of ether oxygens (including phenoxy) is 1. The number of benzene rings is 1. The van der Waals surface area contributed by atoms with Crippen LogP contribution in [0.2, 0.25) is 5.02 Å². The van der Waals surface area contributed by atoms with Crippen molar-refractivity contribution in [1.29, 1.82) is 0 Å². The normalized spacial score (nSPS) is 19.1. The van der Waals surface area contributed by atoms with Crippen molar-refractivity contribution >= 4 is 17.5 Å². The number of hydrogen-bond acceptors (Lipinski definition) is 3. The molecule has 26 heavy (non-hydrogen) atoms. The van der Waals surface area contributed by atoms with Crippen molar-refractivity contribution in [3.8, 4) is 0 Å². The number of rotatable bonds is 4. The van der Waals surface area contributed by atoms with Gasteiger partial charge in [-0.3, -0.25) is 9.59 Å². The van der Waals surface area contributed by atoms with Crippen molar-refractivity contribution in [3.05, 3.63) is 69.1 Å². The van der Waals surface area contributed by atoms with Gasteiger partial charge in [-0.25, -0.2) is 0 Å². The highest BCUT2D eigenvalue weighted by molar-refractivity contribution is 6.31. The Labute approximate surface area is 157 Å². The zero-order valence-corrected chi connectivity index (χ0v) is 15.8. The summed E-state index contributed by atoms with van der Waals surface area (Å²) in [6, 6.07) is 10.4. The Hall–Kier alpha value is -2.11. The Kier molecular flexibility index (Phi) is 5.49. The zero-order chi connectivity index (χ0) is 18.7. The van der Waals surface area contributed by atoms with Crippen LogP contribution in [0.15, 0.2) is 47.4 Å². The third kappa shape index (κ3) is 4.54. The number of carbonyl (C=O) groups excluding carboxylic acids is 1. The number of nitrogens with zero attached hydrogens (tertiary/aromatic N) is 1. The van der Waals surface area contributed by atoms with E-state index in [1.54, 1.807) is 18.3 Å². The van der Waals surface area contributed by atoms with Crippen LogP contribution in [0.5, 0.6) is 0 Å². The fourth-order valence-corrected chi connectivity index (χ4v) is 3.42. The largest absolute Gasteiger partial charge is 0.375 e. The monoisotopic (exact) mass is 374 g/mol. The van der Waals surface area contributed by atoms with E-state index in [0.29, 0.717) is 23.7 Å². The molecule has 0 spiro atoms. The van der Waals surface area contributed by atoms with Crippen LogP contribution in [0.4, 0.5) is 0 Å². The first kappa shape index (κ1) is 18.7. The minimum Gasteiger partial charge on any atom is -0.375 e. The van der Waals surface area contributed by atoms with Crippen LogP contribution in [0.1, 0.15) is 42.6 Å². The van der Waals surface area contributed by atoms with E-state index in [9.17, 15) is 9.59 Å². The summed E-state index contributed by atoms with van der Waals surface area (Å²) in [6.07, 6.45) is 3.14. The molecule has 5 nitrogen and oxygen atoms in total. The van der Waals surface area contributed by atoms with Crippen LogP contribution < -0.4 is 10.9 Å². The van der Waals surface area contributed by atoms with Crippen molar-refractivity contribution in [2.45, 2.75) is 44.9 Å². The Morgan fingerprint density at radius 3 is 2.81 bits per heavy atom. The number of nitrogens with one attached hydrogen (secondary N) is 1. The summed E-state index contributed by atoms with van der Waals surface area (Å²) in [5.74, 6) is -0.180. The molecule has 1 aromatic heterocycles. The van der Waals surface area contributed by atoms with Gasteiger partial charge in [0.25, 0.3) is 11.5 Å². The van der Waals surface area contributed by atoms with Crippen LogP contribution in [-0.2, 0) is 11.3 Å². The maximum Gasteiger partial charge on any atom is 0.252 e. The second-order valence-electron chi connectivity index (χ2n) is 7.25. The molecule has 1 amide bonds. The standard InChI is InChI=1S/C20H23ClN2O3/c1-20(2)11-16(9-10-26-20)22-19(25)15-7-8-18(24)23(13-15)12-14-5-3-4-6-17(14)21/h3-8,13,16H,9-12H2,1-2H3,(H,22,25)/t16-/m0/s1. The molecule has 6 heteroatoms. The molecule has 0 radical (unpaired) electrons. The van der Waals surface area contributed by atoms with Gasteiger partial charge < -0.3 is 14.6 Å². The number of aromatic nitrogens is 1. The molecule has 1 aromatic carbocycles. The van der Waals surface area contributed by atoms with Crippen LogP contribution in [-0.4, -0.2) is 28.7 Å². The molecule has 0 saturated carbocycles. The minimum atomic E-state index is -0.237. The minimum absolute atomic E-state index is 0.0650. The lowest BCUT2D eigenvalue weighted by atomic mass is 9.94. The van der Waals surface area contributed by atoms with Crippen molar-refractivity contribution in [2.24, 2.45) is 0 Å². The molecule has 1 saturated heterocycles. The smallest absolute Gasteiger partial charge is 0.252 e. The topological polar surface area (TPSA) is 60.3 Å². The van der Waals surface area contributed by atoms with Crippen molar-refractivity contribution < 1.29 is 9.53 Å². The van der Waals surface area contributed by atoms with Gasteiger partial charge in [-0.1, -0.05) is 29.8 Å². The molecule has 2 heterocycles. The van der Waals surface area contributed by atoms with E-state index in [1.807, 2.05) is 32.0 Å². The third-order valence-corrected chi connectivity index (χ3v) is 4.95. The van der Waals surface area contributed by atoms with Gasteiger partial charge in [-0.15, -0.1) is 0 Å². The van der Waals surface area contributed by atoms with E-state index < -0.39 is 0 Å². The highest BCUT2D eigenvalue weighted by atomic mass is 35.5. The fraction of sp³-hybridized carbons (Fsp3) is 0.400. The molecule has 0 bridgehead atoms. The summed E-state index contributed by atoms with van der Waals surface area (Å²) in [6.45, 7) is 5.00. The van der Waals surface area contributed by atoms with E-state index in [1.165, 1.54) is 10.6 Å². The summed E-state index contributed by atoms with van der Waals surface area (Å²) < 4.78 is 7.19. The maximum atomic E-state index is 12.6. The van der Waals surface area contributed by atoms with Gasteiger partial charge >= 0.3 is 0 Å². The van der Waals surface area contributed by atoms with Gasteiger partial charge in [-0.2, -0.15) is 0 Å². The molecule has 1 aliphatic heterocycles. The summed E-state index contributed by atoms with van der Waals surface area (Å²) in [5, 5.41) is 3.65. The Balaban J connectivity index is 1.75. The predicted molar refractivity (Wildman–Crippen MR) is 102 cm³/mol. The quantitative estimate of drug-likeness (QED) is 0.893. The lowest BCUT2D eigenvalue weighted by molar-refractivity contribution is -0.0615. The second kappa shape index (κ2) is 7.64. The number of halogens is 1. The number of hydrogen-bond donors (Lipinski definition) is 1. The first-order valence-electron chi connectivity index (χ1n) is 8.73. The molecule has 2 aromatic rings. The summed E-state index contributed by atoms with van der Waals surface area (Å²) in [7, 11) is 0. The van der Waals surface area contributed by atoms with Gasteiger partial charge in [0, 0.05) is 29.9 Å². The SMILES string of the molecule is CC1(C)C[C@@H](NC(=O)c2ccc(=O)n(Cc3ccccc3Cl)c2)CCO1. The van der Waals surface area contributed by atoms with Gasteiger partial charge in [0.15, 0.2) is 0 Å². The molecule has 138 valence electrons. The molecule has 0 unspecified atom stereocenters. The Bertz CT molecular complexity index is 860. The van der Waals surface area contributed by atoms with E-state index >= 15 is 0 Å². The van der Waals surface area contributed by atoms with Crippen LogP contribution in [0.3, 0.4) is 0 Å². The van der Waals surface area contributed by atoms with Crippen LogP contribution >= 0.6 is 11.6 Å². The third-order valence-electron chi connectivity index (χ3n) is 4.58. The molecular weight excluding hydrogens is 352 g/mol. The second-order valence-corrected chi connectivity index (χ2v) is 7.65. The van der Waals surface area contributed by atoms with Crippen LogP contribution in [0, 0.1) is 0 Å². The Morgan fingerprint density at radius 2 is 2.08 bits per heavy atom. The lowest BCUT2D eigenvalue weighted by Gasteiger charge is -2.35. The Morgan fingerprint density at radius 1 is 1.31 bits per heavy atom. The van der Waals surface area contributed by atoms with E-state index in [-0.39, 0.29) is 23.1 Å². The number of amides is 1. The van der Waals surface area contributed by atoms with Crippen molar-refractivity contribution in [1.82, 2.24) is 9.88 Å². The van der Waals surface area contributed by atoms with Gasteiger partial charge in [0.2, 0.25) is 0 Å². The van der Waals surface area contributed by atoms with E-state index in [4.69, 9.17) is 16.3 Å². The average molecular weight is 375 g/mol. The first-order valence-corrected chi connectivity index (χ1v) is 9.11. The highest BCUT2D eigenvalue weighted by Gasteiger charge is 2.29. The number of carbonyl (C=O) groups is 1. The molecular formula is C20H23ClN2O3. The molecule has 3 rings (SSSR count). The predicted octanol–water partition coefficient (Wildman–Crippen LogP) is 3.24. The molecule has 1 fully saturated rings. The average Bonchev–Trinajstić information content (AvgIpc) is 2.58. The van der Waals surface area contributed by atoms with Gasteiger partial charge in [0.05, 0.1) is 17.7 Å². The summed E-state index contributed by atoms with van der Waals surface area (Å²) in [5.41, 5.74) is 0.883. The summed E-state index contributed by atoms with van der Waals surface area (Å²) in [4.78, 5) is 24.8. The van der Waals surface area contributed by atoms with Crippen LogP contribution in [0.25, 0.3) is 0 Å². The van der Waals surface area contributed by atoms with Gasteiger partial charge in [-0.05, 0) is 44.4 Å². The number of pyridine rings is 1. The first-order chi connectivity index (χ1) is 12.3. The van der Waals surface area contributed by atoms with Crippen molar-refractivity contribution in [3.63, 3.8) is 0 Å². The van der Waals surface area contributed by atoms with Crippen molar-refractivity contribution in [2.75, 3.05) is 6.61 Å². The molecule has 1 aliphatic rings. The highest BCUT2D eigenvalue weighted by Crippen LogP contribution is 2.24. The zero-order valence-electron chi connectivity index (χ0n) is 15.0.